The van der Waals surface area contributed by atoms with Crippen LogP contribution in [-0.2, 0) is 16.6 Å². The zero-order valence-corrected chi connectivity index (χ0v) is 13.7. The Kier molecular flexibility index (Phi) is 4.24. The van der Waals surface area contributed by atoms with E-state index in [1.165, 1.54) is 4.68 Å². The number of anilines is 1. The summed E-state index contributed by atoms with van der Waals surface area (Å²) in [5.74, 6) is -1.46. The number of piperidine rings is 1. The molecule has 2 amide bonds. The summed E-state index contributed by atoms with van der Waals surface area (Å²) in [5, 5.41) is 5.34. The van der Waals surface area contributed by atoms with Crippen molar-refractivity contribution in [3.63, 3.8) is 0 Å². The highest BCUT2D eigenvalue weighted by Gasteiger charge is 2.30. The van der Waals surface area contributed by atoms with Crippen LogP contribution in [-0.4, -0.2) is 27.7 Å². The zero-order valence-electron chi connectivity index (χ0n) is 13.7. The van der Waals surface area contributed by atoms with Gasteiger partial charge in [-0.05, 0) is 31.9 Å². The van der Waals surface area contributed by atoms with Crippen LogP contribution >= 0.6 is 0 Å². The van der Waals surface area contributed by atoms with Gasteiger partial charge >= 0.3 is 0 Å². The van der Waals surface area contributed by atoms with Crippen molar-refractivity contribution in [1.29, 1.82) is 0 Å². The van der Waals surface area contributed by atoms with Gasteiger partial charge in [-0.3, -0.25) is 19.1 Å². The number of hydrogen-bond acceptors (Lipinski definition) is 3. The van der Waals surface area contributed by atoms with Crippen LogP contribution in [0.5, 0.6) is 0 Å². The molecule has 3 rings (SSSR count). The molecule has 2 aromatic rings. The first-order valence-corrected chi connectivity index (χ1v) is 7.93. The lowest BCUT2D eigenvalue weighted by Crippen LogP contribution is -2.43. The average Bonchev–Trinajstić information content (AvgIpc) is 2.79. The lowest BCUT2D eigenvalue weighted by atomic mass is 9.98. The van der Waals surface area contributed by atoms with Crippen molar-refractivity contribution in [2.45, 2.75) is 19.8 Å². The second-order valence-corrected chi connectivity index (χ2v) is 5.91. The standard InChI is InChI=1S/C17H20N4O3/c1-11-14(19-16(23)13-9-6-10-18-15(13)22)17(24)21(20(11)2)12-7-4-3-5-8-12/h3-5,7-8,13H,6,9-10H2,1-2H3,(H,18,22)(H,19,23)/t13-/m0/s1. The largest absolute Gasteiger partial charge is 0.355 e. The Morgan fingerprint density at radius 3 is 2.62 bits per heavy atom. The van der Waals surface area contributed by atoms with E-state index in [0.29, 0.717) is 24.3 Å². The molecule has 1 aromatic heterocycles. The lowest BCUT2D eigenvalue weighted by molar-refractivity contribution is -0.134. The van der Waals surface area contributed by atoms with E-state index >= 15 is 0 Å². The third kappa shape index (κ3) is 2.73. The molecule has 0 saturated carbocycles. The molecular weight excluding hydrogens is 308 g/mol. The molecule has 1 saturated heterocycles. The van der Waals surface area contributed by atoms with Gasteiger partial charge in [0.05, 0.1) is 11.4 Å². The van der Waals surface area contributed by atoms with Gasteiger partial charge in [0, 0.05) is 13.6 Å². The number of benzene rings is 1. The van der Waals surface area contributed by atoms with Crippen molar-refractivity contribution in [2.24, 2.45) is 13.0 Å². The Balaban J connectivity index is 1.94. The third-order valence-electron chi connectivity index (χ3n) is 4.40. The van der Waals surface area contributed by atoms with Gasteiger partial charge < -0.3 is 10.6 Å². The Labute approximate surface area is 139 Å². The first-order chi connectivity index (χ1) is 11.5. The van der Waals surface area contributed by atoms with Gasteiger partial charge in [0.1, 0.15) is 11.6 Å². The van der Waals surface area contributed by atoms with Gasteiger partial charge in [-0.15, -0.1) is 0 Å². The van der Waals surface area contributed by atoms with E-state index in [1.807, 2.05) is 30.3 Å². The maximum atomic E-state index is 12.7. The third-order valence-corrected chi connectivity index (χ3v) is 4.40. The minimum atomic E-state index is -0.747. The summed E-state index contributed by atoms with van der Waals surface area (Å²) in [7, 11) is 1.76. The van der Waals surface area contributed by atoms with Crippen LogP contribution in [0.1, 0.15) is 18.5 Å². The zero-order chi connectivity index (χ0) is 17.3. The summed E-state index contributed by atoms with van der Waals surface area (Å²) in [6, 6.07) is 9.19. The number of nitrogens with zero attached hydrogens (tertiary/aromatic N) is 2. The predicted molar refractivity (Wildman–Crippen MR) is 90.1 cm³/mol. The molecule has 1 aliphatic heterocycles. The molecule has 24 heavy (non-hydrogen) atoms. The van der Waals surface area contributed by atoms with E-state index in [2.05, 4.69) is 10.6 Å². The summed E-state index contributed by atoms with van der Waals surface area (Å²) in [6.45, 7) is 2.35. The Hall–Kier alpha value is -2.83. The van der Waals surface area contributed by atoms with Crippen LogP contribution in [0.15, 0.2) is 35.1 Å². The molecular formula is C17H20N4O3. The van der Waals surface area contributed by atoms with Gasteiger partial charge in [-0.25, -0.2) is 4.68 Å². The predicted octanol–water partition coefficient (Wildman–Crippen LogP) is 0.949. The van der Waals surface area contributed by atoms with Crippen molar-refractivity contribution in [1.82, 2.24) is 14.7 Å². The molecule has 2 heterocycles. The van der Waals surface area contributed by atoms with Crippen LogP contribution in [0.4, 0.5) is 5.69 Å². The van der Waals surface area contributed by atoms with Crippen molar-refractivity contribution >= 4 is 17.5 Å². The first-order valence-electron chi connectivity index (χ1n) is 7.93. The number of carbonyl (C=O) groups excluding carboxylic acids is 2. The van der Waals surface area contributed by atoms with E-state index in [9.17, 15) is 14.4 Å². The van der Waals surface area contributed by atoms with Crippen molar-refractivity contribution in [2.75, 3.05) is 11.9 Å². The Morgan fingerprint density at radius 2 is 1.96 bits per heavy atom. The molecule has 7 heteroatoms. The highest BCUT2D eigenvalue weighted by molar-refractivity contribution is 6.06. The monoisotopic (exact) mass is 328 g/mol. The van der Waals surface area contributed by atoms with Gasteiger partial charge in [-0.1, -0.05) is 18.2 Å². The van der Waals surface area contributed by atoms with E-state index in [-0.39, 0.29) is 17.2 Å². The summed E-state index contributed by atoms with van der Waals surface area (Å²) in [6.07, 6.45) is 1.25. The molecule has 1 aromatic carbocycles. The molecule has 0 unspecified atom stereocenters. The number of amides is 2. The van der Waals surface area contributed by atoms with Crippen LogP contribution in [0.25, 0.3) is 5.69 Å². The molecule has 1 aliphatic rings. The first kappa shape index (κ1) is 16.0. The fraction of sp³-hybridized carbons (Fsp3) is 0.353. The van der Waals surface area contributed by atoms with Crippen LogP contribution in [0.3, 0.4) is 0 Å². The van der Waals surface area contributed by atoms with Crippen molar-refractivity contribution < 1.29 is 9.59 Å². The molecule has 0 radical (unpaired) electrons. The van der Waals surface area contributed by atoms with Crippen molar-refractivity contribution in [3.8, 4) is 5.69 Å². The Morgan fingerprint density at radius 1 is 1.25 bits per heavy atom. The van der Waals surface area contributed by atoms with Crippen LogP contribution < -0.4 is 16.2 Å². The average molecular weight is 328 g/mol. The van der Waals surface area contributed by atoms with E-state index in [1.54, 1.807) is 18.7 Å². The summed E-state index contributed by atoms with van der Waals surface area (Å²) < 4.78 is 3.18. The topological polar surface area (TPSA) is 85.1 Å². The number of hydrogen-bond donors (Lipinski definition) is 2. The molecule has 7 nitrogen and oxygen atoms in total. The van der Waals surface area contributed by atoms with Crippen LogP contribution in [0, 0.1) is 12.8 Å². The maximum absolute atomic E-state index is 12.7. The highest BCUT2D eigenvalue weighted by atomic mass is 16.2. The van der Waals surface area contributed by atoms with E-state index < -0.39 is 11.8 Å². The number of nitrogens with one attached hydrogen (secondary N) is 2. The second kappa shape index (κ2) is 6.35. The normalized spacial score (nSPS) is 17.4. The molecule has 0 spiro atoms. The fourth-order valence-corrected chi connectivity index (χ4v) is 2.94. The van der Waals surface area contributed by atoms with Gasteiger partial charge in [0.15, 0.2) is 0 Å². The smallest absolute Gasteiger partial charge is 0.295 e. The van der Waals surface area contributed by atoms with Crippen molar-refractivity contribution in [3.05, 3.63) is 46.4 Å². The lowest BCUT2D eigenvalue weighted by Gasteiger charge is -2.20. The van der Waals surface area contributed by atoms with Gasteiger partial charge in [0.25, 0.3) is 5.56 Å². The van der Waals surface area contributed by atoms with Gasteiger partial charge in [0.2, 0.25) is 11.8 Å². The number of para-hydroxylation sites is 1. The summed E-state index contributed by atoms with van der Waals surface area (Å²) in [5.41, 5.74) is 1.24. The highest BCUT2D eigenvalue weighted by Crippen LogP contribution is 2.17. The Bertz CT molecular complexity index is 836. The molecule has 1 fully saturated rings. The fourth-order valence-electron chi connectivity index (χ4n) is 2.94. The van der Waals surface area contributed by atoms with Gasteiger partial charge in [-0.2, -0.15) is 0 Å². The molecule has 126 valence electrons. The minimum Gasteiger partial charge on any atom is -0.355 e. The quantitative estimate of drug-likeness (QED) is 0.823. The number of rotatable bonds is 3. The minimum absolute atomic E-state index is 0.213. The molecule has 2 N–H and O–H groups in total. The number of aromatic nitrogens is 2. The number of carbonyl (C=O) groups is 2. The SMILES string of the molecule is Cc1c(NC(=O)[C@H]2CCCNC2=O)c(=O)n(-c2ccccc2)n1C. The van der Waals surface area contributed by atoms with E-state index in [4.69, 9.17) is 0 Å². The second-order valence-electron chi connectivity index (χ2n) is 5.91. The molecule has 1 atom stereocenters. The summed E-state index contributed by atoms with van der Waals surface area (Å²) >= 11 is 0. The van der Waals surface area contributed by atoms with E-state index in [0.717, 1.165) is 6.42 Å². The molecule has 0 aliphatic carbocycles. The summed E-state index contributed by atoms with van der Waals surface area (Å²) in [4.78, 5) is 37.0. The molecule has 0 bridgehead atoms. The van der Waals surface area contributed by atoms with Crippen LogP contribution in [0.2, 0.25) is 0 Å². The maximum Gasteiger partial charge on any atom is 0.295 e.